The third kappa shape index (κ3) is 3.64. The van der Waals surface area contributed by atoms with Crippen molar-refractivity contribution in [3.63, 3.8) is 0 Å². The Morgan fingerprint density at radius 3 is 2.61 bits per heavy atom. The number of fused-ring (bicyclic) bond motifs is 1. The average molecular weight is 381 g/mol. The van der Waals surface area contributed by atoms with Gasteiger partial charge in [-0.3, -0.25) is 4.79 Å². The van der Waals surface area contributed by atoms with Gasteiger partial charge in [0.15, 0.2) is 0 Å². The molecule has 0 unspecified atom stereocenters. The van der Waals surface area contributed by atoms with Crippen molar-refractivity contribution in [3.05, 3.63) is 47.5 Å². The molecule has 6 nitrogen and oxygen atoms in total. The van der Waals surface area contributed by atoms with Crippen LogP contribution in [0.2, 0.25) is 0 Å². The second kappa shape index (κ2) is 8.10. The fraction of sp³-hybridized carbons (Fsp3) is 0.409. The monoisotopic (exact) mass is 381 g/mol. The van der Waals surface area contributed by atoms with Gasteiger partial charge in [0.25, 0.3) is 0 Å². The summed E-state index contributed by atoms with van der Waals surface area (Å²) in [7, 11) is 3.34. The Kier molecular flexibility index (Phi) is 5.39. The van der Waals surface area contributed by atoms with Crippen molar-refractivity contribution >= 4 is 17.3 Å². The van der Waals surface area contributed by atoms with Crippen LogP contribution in [0.3, 0.4) is 0 Å². The summed E-state index contributed by atoms with van der Waals surface area (Å²) in [5, 5.41) is 3.38. The Morgan fingerprint density at radius 1 is 1.04 bits per heavy atom. The Hall–Kier alpha value is -2.73. The minimum absolute atomic E-state index is 0.128. The summed E-state index contributed by atoms with van der Waals surface area (Å²) >= 11 is 0. The van der Waals surface area contributed by atoms with Crippen LogP contribution in [0.4, 0.5) is 11.4 Å². The molecule has 1 saturated heterocycles. The van der Waals surface area contributed by atoms with Gasteiger partial charge < -0.3 is 24.6 Å². The number of anilines is 2. The van der Waals surface area contributed by atoms with Crippen LogP contribution in [0.1, 0.15) is 17.5 Å². The molecule has 4 rings (SSSR count). The number of carbonyl (C=O) groups excluding carboxylic acids is 1. The van der Waals surface area contributed by atoms with Crippen molar-refractivity contribution in [2.24, 2.45) is 0 Å². The van der Waals surface area contributed by atoms with E-state index in [4.69, 9.17) is 9.47 Å². The number of methoxy groups -OCH3 is 2. The van der Waals surface area contributed by atoms with Crippen LogP contribution < -0.4 is 24.6 Å². The molecule has 2 heterocycles. The zero-order valence-corrected chi connectivity index (χ0v) is 16.5. The maximum atomic E-state index is 12.8. The maximum absolute atomic E-state index is 12.8. The highest BCUT2D eigenvalue weighted by atomic mass is 16.5. The third-order valence-electron chi connectivity index (χ3n) is 5.49. The fourth-order valence-electron chi connectivity index (χ4n) is 4.05. The highest BCUT2D eigenvalue weighted by Gasteiger charge is 2.27. The number of ether oxygens (including phenoxy) is 2. The first-order valence-electron chi connectivity index (χ1n) is 9.79. The van der Waals surface area contributed by atoms with E-state index in [1.54, 1.807) is 14.2 Å². The summed E-state index contributed by atoms with van der Waals surface area (Å²) < 4.78 is 11.1. The van der Waals surface area contributed by atoms with Crippen LogP contribution in [0.15, 0.2) is 36.4 Å². The Balaban J connectivity index is 1.68. The van der Waals surface area contributed by atoms with Gasteiger partial charge in [-0.25, -0.2) is 0 Å². The molecule has 2 aromatic rings. The van der Waals surface area contributed by atoms with Gasteiger partial charge in [-0.05, 0) is 35.7 Å². The normalized spacial score (nSPS) is 16.7. The molecule has 1 fully saturated rings. The van der Waals surface area contributed by atoms with Crippen molar-refractivity contribution in [3.8, 4) is 11.5 Å². The summed E-state index contributed by atoms with van der Waals surface area (Å²) in [5.41, 5.74) is 4.25. The summed E-state index contributed by atoms with van der Waals surface area (Å²) in [6.07, 6.45) is 1.28. The van der Waals surface area contributed by atoms with Crippen molar-refractivity contribution in [1.82, 2.24) is 5.32 Å². The Labute approximate surface area is 166 Å². The minimum Gasteiger partial charge on any atom is -0.497 e. The van der Waals surface area contributed by atoms with E-state index in [1.807, 2.05) is 23.1 Å². The quantitative estimate of drug-likeness (QED) is 0.863. The number of aryl methyl sites for hydroxylation is 1. The molecule has 0 radical (unpaired) electrons. The lowest BCUT2D eigenvalue weighted by Crippen LogP contribution is -2.43. The zero-order chi connectivity index (χ0) is 19.5. The zero-order valence-electron chi connectivity index (χ0n) is 16.5. The summed E-state index contributed by atoms with van der Waals surface area (Å²) in [6, 6.07) is 12.2. The standard InChI is InChI=1S/C22H27N3O3/c1-27-19-13-16(12-18(14-19)24-10-8-23-9-11-24)15-25-21(26)7-6-17-4-3-5-20(28-2)22(17)25/h3-5,12-14,23H,6-11,15H2,1-2H3. The van der Waals surface area contributed by atoms with Gasteiger partial charge in [-0.1, -0.05) is 12.1 Å². The number of amides is 1. The maximum Gasteiger partial charge on any atom is 0.227 e. The Morgan fingerprint density at radius 2 is 1.86 bits per heavy atom. The van der Waals surface area contributed by atoms with E-state index < -0.39 is 0 Å². The molecule has 2 aliphatic heterocycles. The molecule has 148 valence electrons. The van der Waals surface area contributed by atoms with Crippen LogP contribution in [0.5, 0.6) is 11.5 Å². The van der Waals surface area contributed by atoms with Crippen molar-refractivity contribution in [2.45, 2.75) is 19.4 Å². The second-order valence-corrected chi connectivity index (χ2v) is 7.22. The fourth-order valence-corrected chi connectivity index (χ4v) is 4.05. The van der Waals surface area contributed by atoms with Gasteiger partial charge in [0.2, 0.25) is 5.91 Å². The molecule has 0 aliphatic carbocycles. The number of hydrogen-bond acceptors (Lipinski definition) is 5. The average Bonchev–Trinajstić information content (AvgIpc) is 2.75. The number of hydrogen-bond donors (Lipinski definition) is 1. The number of rotatable bonds is 5. The highest BCUT2D eigenvalue weighted by molar-refractivity contribution is 5.98. The molecular weight excluding hydrogens is 354 g/mol. The molecule has 28 heavy (non-hydrogen) atoms. The molecule has 2 aromatic carbocycles. The lowest BCUT2D eigenvalue weighted by atomic mass is 9.99. The van der Waals surface area contributed by atoms with E-state index in [1.165, 1.54) is 0 Å². The third-order valence-corrected chi connectivity index (χ3v) is 5.49. The number of para-hydroxylation sites is 1. The van der Waals surface area contributed by atoms with Crippen LogP contribution >= 0.6 is 0 Å². The number of benzene rings is 2. The topological polar surface area (TPSA) is 54.0 Å². The van der Waals surface area contributed by atoms with Crippen LogP contribution in [0, 0.1) is 0 Å². The van der Waals surface area contributed by atoms with Gasteiger partial charge in [0, 0.05) is 44.4 Å². The molecule has 1 N–H and O–H groups in total. The lowest BCUT2D eigenvalue weighted by molar-refractivity contribution is -0.119. The molecule has 0 spiro atoms. The summed E-state index contributed by atoms with van der Waals surface area (Å²) in [6.45, 7) is 4.38. The van der Waals surface area contributed by atoms with Gasteiger partial charge in [-0.15, -0.1) is 0 Å². The van der Waals surface area contributed by atoms with E-state index in [2.05, 4.69) is 28.4 Å². The number of piperazine rings is 1. The van der Waals surface area contributed by atoms with Crippen LogP contribution in [0.25, 0.3) is 0 Å². The summed E-state index contributed by atoms with van der Waals surface area (Å²) in [4.78, 5) is 17.0. The molecular formula is C22H27N3O3. The van der Waals surface area contributed by atoms with Crippen LogP contribution in [-0.4, -0.2) is 46.3 Å². The molecule has 2 aliphatic rings. The largest absolute Gasteiger partial charge is 0.497 e. The number of nitrogens with one attached hydrogen (secondary N) is 1. The highest BCUT2D eigenvalue weighted by Crippen LogP contribution is 2.38. The molecule has 0 bridgehead atoms. The molecule has 0 aromatic heterocycles. The van der Waals surface area contributed by atoms with Gasteiger partial charge >= 0.3 is 0 Å². The molecule has 0 atom stereocenters. The first-order chi connectivity index (χ1) is 13.7. The van der Waals surface area contributed by atoms with Gasteiger partial charge in [0.05, 0.1) is 26.5 Å². The number of nitrogens with zero attached hydrogens (tertiary/aromatic N) is 2. The van der Waals surface area contributed by atoms with Gasteiger partial charge in [0.1, 0.15) is 11.5 Å². The molecule has 6 heteroatoms. The lowest BCUT2D eigenvalue weighted by Gasteiger charge is -2.32. The van der Waals surface area contributed by atoms with E-state index in [0.29, 0.717) is 13.0 Å². The van der Waals surface area contributed by atoms with E-state index in [0.717, 1.165) is 66.6 Å². The molecule has 1 amide bonds. The molecule has 0 saturated carbocycles. The van der Waals surface area contributed by atoms with E-state index in [-0.39, 0.29) is 5.91 Å². The van der Waals surface area contributed by atoms with Crippen molar-refractivity contribution in [2.75, 3.05) is 50.2 Å². The van der Waals surface area contributed by atoms with E-state index in [9.17, 15) is 4.79 Å². The van der Waals surface area contributed by atoms with Crippen molar-refractivity contribution in [1.29, 1.82) is 0 Å². The first-order valence-corrected chi connectivity index (χ1v) is 9.79. The minimum atomic E-state index is 0.128. The van der Waals surface area contributed by atoms with E-state index >= 15 is 0 Å². The predicted molar refractivity (Wildman–Crippen MR) is 111 cm³/mol. The smallest absolute Gasteiger partial charge is 0.227 e. The predicted octanol–water partition coefficient (Wildman–Crippen LogP) is 2.59. The number of carbonyl (C=O) groups is 1. The van der Waals surface area contributed by atoms with Crippen molar-refractivity contribution < 1.29 is 14.3 Å². The Bertz CT molecular complexity index is 848. The first kappa shape index (κ1) is 18.6. The summed E-state index contributed by atoms with van der Waals surface area (Å²) in [5.74, 6) is 1.69. The SMILES string of the molecule is COc1cc(CN2C(=O)CCc3cccc(OC)c32)cc(N2CCNCC2)c1. The van der Waals surface area contributed by atoms with Gasteiger partial charge in [-0.2, -0.15) is 0 Å². The van der Waals surface area contributed by atoms with Crippen LogP contribution in [-0.2, 0) is 17.8 Å². The second-order valence-electron chi connectivity index (χ2n) is 7.22.